The first-order valence-corrected chi connectivity index (χ1v) is 9.56. The molecule has 5 nitrogen and oxygen atoms in total. The molecule has 1 aromatic heterocycles. The molecule has 1 N–H and O–H groups in total. The molecule has 0 aliphatic heterocycles. The number of carbonyl (C=O) groups is 2. The van der Waals surface area contributed by atoms with Gasteiger partial charge in [-0.15, -0.1) is 0 Å². The summed E-state index contributed by atoms with van der Waals surface area (Å²) >= 11 is 0. The van der Waals surface area contributed by atoms with Crippen molar-refractivity contribution in [3.8, 4) is 0 Å². The number of nitrogens with zero attached hydrogens (tertiary/aromatic N) is 1. The Kier molecular flexibility index (Phi) is 5.06. The Labute approximate surface area is 163 Å². The van der Waals surface area contributed by atoms with Crippen molar-refractivity contribution in [1.82, 2.24) is 4.98 Å². The molecule has 0 spiro atoms. The van der Waals surface area contributed by atoms with E-state index in [0.717, 1.165) is 53.4 Å². The van der Waals surface area contributed by atoms with E-state index in [1.807, 2.05) is 49.4 Å². The number of aryl methyl sites for hydroxylation is 2. The quantitative estimate of drug-likeness (QED) is 0.695. The summed E-state index contributed by atoms with van der Waals surface area (Å²) < 4.78 is 5.39. The number of carbonyl (C=O) groups excluding carboxylic acids is 2. The minimum Gasteiger partial charge on any atom is -0.452 e. The third kappa shape index (κ3) is 3.74. The number of amides is 1. The summed E-state index contributed by atoms with van der Waals surface area (Å²) in [7, 11) is 0. The maximum absolute atomic E-state index is 12.9. The summed E-state index contributed by atoms with van der Waals surface area (Å²) in [5.41, 5.74) is 5.02. The number of benzene rings is 2. The Morgan fingerprint density at radius 1 is 1.07 bits per heavy atom. The van der Waals surface area contributed by atoms with Crippen LogP contribution in [0, 0.1) is 6.92 Å². The Bertz CT molecular complexity index is 1060. The number of pyridine rings is 1. The van der Waals surface area contributed by atoms with Crippen LogP contribution in [0.4, 0.5) is 5.69 Å². The molecule has 0 bridgehead atoms. The standard InChI is InChI=1S/C23H22N2O3/c1-15-7-6-8-16(13-15)24-21(26)14-28-23(27)22-17-9-2-4-11-19(17)25-20-12-5-3-10-18(20)22/h2,4,6-9,11,13H,3,5,10,12,14H2,1H3,(H,24,26). The van der Waals surface area contributed by atoms with E-state index in [1.54, 1.807) is 6.07 Å². The number of aromatic nitrogens is 1. The van der Waals surface area contributed by atoms with Crippen molar-refractivity contribution in [2.24, 2.45) is 0 Å². The van der Waals surface area contributed by atoms with Crippen LogP contribution in [0.1, 0.15) is 40.0 Å². The van der Waals surface area contributed by atoms with Crippen molar-refractivity contribution in [1.29, 1.82) is 0 Å². The van der Waals surface area contributed by atoms with Crippen molar-refractivity contribution in [2.45, 2.75) is 32.6 Å². The van der Waals surface area contributed by atoms with Gasteiger partial charge < -0.3 is 10.1 Å². The molecular formula is C23H22N2O3. The molecule has 0 saturated carbocycles. The Balaban J connectivity index is 1.55. The van der Waals surface area contributed by atoms with Crippen molar-refractivity contribution >= 4 is 28.5 Å². The van der Waals surface area contributed by atoms with Gasteiger partial charge in [0.05, 0.1) is 11.1 Å². The zero-order valence-electron chi connectivity index (χ0n) is 15.8. The molecule has 2 aromatic carbocycles. The zero-order valence-corrected chi connectivity index (χ0v) is 15.8. The van der Waals surface area contributed by atoms with Crippen LogP contribution in [0.5, 0.6) is 0 Å². The average molecular weight is 374 g/mol. The Hall–Kier alpha value is -3.21. The second-order valence-electron chi connectivity index (χ2n) is 7.13. The third-order valence-electron chi connectivity index (χ3n) is 5.01. The van der Waals surface area contributed by atoms with E-state index in [0.29, 0.717) is 11.3 Å². The highest BCUT2D eigenvalue weighted by Gasteiger charge is 2.24. The van der Waals surface area contributed by atoms with Crippen LogP contribution in [0.3, 0.4) is 0 Å². The molecule has 3 aromatic rings. The lowest BCUT2D eigenvalue weighted by Crippen LogP contribution is -2.22. The fourth-order valence-electron chi connectivity index (χ4n) is 3.73. The van der Waals surface area contributed by atoms with E-state index >= 15 is 0 Å². The molecule has 1 aliphatic carbocycles. The Morgan fingerprint density at radius 3 is 2.75 bits per heavy atom. The van der Waals surface area contributed by atoms with Gasteiger partial charge in [-0.25, -0.2) is 4.79 Å². The number of para-hydroxylation sites is 1. The van der Waals surface area contributed by atoms with Gasteiger partial charge in [-0.2, -0.15) is 0 Å². The highest BCUT2D eigenvalue weighted by molar-refractivity contribution is 6.06. The molecule has 4 rings (SSSR count). The van der Waals surface area contributed by atoms with Gasteiger partial charge in [-0.1, -0.05) is 30.3 Å². The van der Waals surface area contributed by atoms with Gasteiger partial charge in [0.15, 0.2) is 6.61 Å². The summed E-state index contributed by atoms with van der Waals surface area (Å²) in [6.45, 7) is 1.63. The third-order valence-corrected chi connectivity index (χ3v) is 5.01. The first kappa shape index (κ1) is 18.2. The fourth-order valence-corrected chi connectivity index (χ4v) is 3.73. The van der Waals surface area contributed by atoms with E-state index in [-0.39, 0.29) is 12.5 Å². The molecular weight excluding hydrogens is 352 g/mol. The first-order valence-electron chi connectivity index (χ1n) is 9.56. The molecule has 1 heterocycles. The number of nitrogens with one attached hydrogen (secondary N) is 1. The largest absolute Gasteiger partial charge is 0.452 e. The Morgan fingerprint density at radius 2 is 1.89 bits per heavy atom. The van der Waals surface area contributed by atoms with Crippen LogP contribution in [-0.4, -0.2) is 23.5 Å². The maximum Gasteiger partial charge on any atom is 0.339 e. The number of rotatable bonds is 4. The average Bonchev–Trinajstić information content (AvgIpc) is 2.70. The van der Waals surface area contributed by atoms with Crippen molar-refractivity contribution in [3.05, 3.63) is 70.9 Å². The van der Waals surface area contributed by atoms with Crippen LogP contribution < -0.4 is 5.32 Å². The number of esters is 1. The molecule has 0 unspecified atom stereocenters. The van der Waals surface area contributed by atoms with Gasteiger partial charge in [0.1, 0.15) is 0 Å². The van der Waals surface area contributed by atoms with Crippen molar-refractivity contribution in [3.63, 3.8) is 0 Å². The number of anilines is 1. The normalized spacial score (nSPS) is 13.0. The lowest BCUT2D eigenvalue weighted by molar-refractivity contribution is -0.119. The lowest BCUT2D eigenvalue weighted by atomic mass is 9.90. The highest BCUT2D eigenvalue weighted by atomic mass is 16.5. The van der Waals surface area contributed by atoms with Gasteiger partial charge in [0.25, 0.3) is 5.91 Å². The molecule has 5 heteroatoms. The number of hydrogen-bond donors (Lipinski definition) is 1. The SMILES string of the molecule is Cc1cccc(NC(=O)COC(=O)c2c3c(nc4ccccc24)CCCC3)c1. The van der Waals surface area contributed by atoms with E-state index < -0.39 is 5.97 Å². The smallest absolute Gasteiger partial charge is 0.339 e. The fraction of sp³-hybridized carbons (Fsp3) is 0.261. The summed E-state index contributed by atoms with van der Waals surface area (Å²) in [6.07, 6.45) is 3.79. The van der Waals surface area contributed by atoms with Crippen LogP contribution in [0.25, 0.3) is 10.9 Å². The number of fused-ring (bicyclic) bond motifs is 2. The minimum atomic E-state index is -0.462. The minimum absolute atomic E-state index is 0.321. The molecule has 0 radical (unpaired) electrons. The first-order chi connectivity index (χ1) is 13.6. The van der Waals surface area contributed by atoms with Gasteiger partial charge in [0, 0.05) is 16.8 Å². The van der Waals surface area contributed by atoms with E-state index in [4.69, 9.17) is 9.72 Å². The van der Waals surface area contributed by atoms with Gasteiger partial charge in [0.2, 0.25) is 0 Å². The molecule has 0 saturated heterocycles. The van der Waals surface area contributed by atoms with E-state index in [1.165, 1.54) is 0 Å². The van der Waals surface area contributed by atoms with Gasteiger partial charge >= 0.3 is 5.97 Å². The van der Waals surface area contributed by atoms with Gasteiger partial charge in [-0.3, -0.25) is 9.78 Å². The van der Waals surface area contributed by atoms with Crippen molar-refractivity contribution in [2.75, 3.05) is 11.9 Å². The maximum atomic E-state index is 12.9. The summed E-state index contributed by atoms with van der Waals surface area (Å²) in [5, 5.41) is 3.55. The second kappa shape index (κ2) is 7.80. The van der Waals surface area contributed by atoms with Gasteiger partial charge in [-0.05, 0) is 61.9 Å². The predicted molar refractivity (Wildman–Crippen MR) is 108 cm³/mol. The second-order valence-corrected chi connectivity index (χ2v) is 7.13. The molecule has 142 valence electrons. The lowest BCUT2D eigenvalue weighted by Gasteiger charge is -2.19. The molecule has 0 atom stereocenters. The summed E-state index contributed by atoms with van der Waals surface area (Å²) in [5.74, 6) is -0.817. The number of ether oxygens (including phenoxy) is 1. The van der Waals surface area contributed by atoms with Crippen LogP contribution in [0.15, 0.2) is 48.5 Å². The summed E-state index contributed by atoms with van der Waals surface area (Å²) in [4.78, 5) is 29.9. The molecule has 1 aliphatic rings. The van der Waals surface area contributed by atoms with E-state index in [9.17, 15) is 9.59 Å². The molecule has 28 heavy (non-hydrogen) atoms. The molecule has 0 fully saturated rings. The van der Waals surface area contributed by atoms with Crippen LogP contribution >= 0.6 is 0 Å². The number of hydrogen-bond acceptors (Lipinski definition) is 4. The van der Waals surface area contributed by atoms with Crippen LogP contribution in [0.2, 0.25) is 0 Å². The highest BCUT2D eigenvalue weighted by Crippen LogP contribution is 2.29. The summed E-state index contributed by atoms with van der Waals surface area (Å²) in [6, 6.07) is 15.1. The topological polar surface area (TPSA) is 68.3 Å². The predicted octanol–water partition coefficient (Wildman–Crippen LogP) is 4.22. The van der Waals surface area contributed by atoms with Crippen LogP contribution in [-0.2, 0) is 22.4 Å². The van der Waals surface area contributed by atoms with E-state index in [2.05, 4.69) is 5.32 Å². The molecule has 1 amide bonds. The monoisotopic (exact) mass is 374 g/mol. The zero-order chi connectivity index (χ0) is 19.5. The van der Waals surface area contributed by atoms with Crippen molar-refractivity contribution < 1.29 is 14.3 Å².